The van der Waals surface area contributed by atoms with E-state index in [0.717, 1.165) is 26.5 Å². The normalized spacial score (nSPS) is 10.4. The van der Waals surface area contributed by atoms with Crippen molar-refractivity contribution in [2.45, 2.75) is 0 Å². The topological polar surface area (TPSA) is 30.2 Å². The van der Waals surface area contributed by atoms with Crippen LogP contribution in [0.25, 0.3) is 5.52 Å². The molecular weight excluding hydrogens is 141 g/mol. The Morgan fingerprint density at radius 3 is 3.10 bits per heavy atom. The average Bonchev–Trinajstić information content (AvgIpc) is 2.34. The molecule has 4 heteroatoms. The molecule has 0 spiro atoms. The summed E-state index contributed by atoms with van der Waals surface area (Å²) in [6.45, 7) is 0. The van der Waals surface area contributed by atoms with Crippen molar-refractivity contribution in [3.63, 3.8) is 0 Å². The lowest BCUT2D eigenvalue weighted by atomic mass is 10.6. The van der Waals surface area contributed by atoms with Crippen LogP contribution in [0, 0.1) is 0 Å². The molecule has 0 N–H and O–H groups in total. The second kappa shape index (κ2) is 2.08. The van der Waals surface area contributed by atoms with E-state index in [2.05, 4.69) is 14.4 Å². The highest BCUT2D eigenvalue weighted by Crippen LogP contribution is 1.93. The van der Waals surface area contributed by atoms with Gasteiger partial charge in [-0.2, -0.15) is 0 Å². The summed E-state index contributed by atoms with van der Waals surface area (Å²) in [7, 11) is 0. The molecule has 2 aromatic rings. The fraction of sp³-hybridized carbons (Fsp3) is 0. The molecule has 0 aliphatic rings. The summed E-state index contributed by atoms with van der Waals surface area (Å²) in [5.74, 6) is 0. The van der Waals surface area contributed by atoms with E-state index < -0.39 is 0 Å². The van der Waals surface area contributed by atoms with Gasteiger partial charge in [0.2, 0.25) is 0 Å². The molecule has 0 aromatic carbocycles. The molecule has 0 fully saturated rings. The zero-order valence-corrected chi connectivity index (χ0v) is 7.65. The van der Waals surface area contributed by atoms with Crippen LogP contribution in [0.5, 0.6) is 0 Å². The van der Waals surface area contributed by atoms with Crippen molar-refractivity contribution in [1.82, 2.24) is 14.4 Å². The molecule has 48 valence electrons. The molecule has 0 unspecified atom stereocenters. The van der Waals surface area contributed by atoms with Crippen molar-refractivity contribution in [3.8, 4) is 0 Å². The molecule has 0 bridgehead atoms. The van der Waals surface area contributed by atoms with Gasteiger partial charge in [-0.15, -0.1) is 0 Å². The maximum Gasteiger partial charge on any atom is 0.318 e. The third-order valence-electron chi connectivity index (χ3n) is 1.52. The number of rotatable bonds is 0. The molecule has 0 saturated carbocycles. The Morgan fingerprint density at radius 1 is 1.40 bits per heavy atom. The number of hydrogen-bond acceptors (Lipinski definition) is 2. The van der Waals surface area contributed by atoms with Crippen LogP contribution >= 0.6 is 0 Å². The fourth-order valence-electron chi connectivity index (χ4n) is 0.985. The minimum atomic E-state index is 0.983. The van der Waals surface area contributed by atoms with Gasteiger partial charge in [0.1, 0.15) is 0 Å². The number of nitrogens with zero attached hydrogens (tertiary/aromatic N) is 3. The zero-order valence-electron chi connectivity index (χ0n) is 5.65. The molecule has 0 amide bonds. The highest BCUT2D eigenvalue weighted by molar-refractivity contribution is 6.29. The van der Waals surface area contributed by atoms with E-state index in [1.807, 2.05) is 18.6 Å². The van der Waals surface area contributed by atoms with Gasteiger partial charge in [-0.05, 0) is 0 Å². The first-order valence-electron chi connectivity index (χ1n) is 3.11. The van der Waals surface area contributed by atoms with Crippen molar-refractivity contribution < 1.29 is 0 Å². The van der Waals surface area contributed by atoms with Crippen molar-refractivity contribution in [3.05, 3.63) is 24.8 Å². The maximum atomic E-state index is 4.18. The van der Waals surface area contributed by atoms with Gasteiger partial charge in [0.25, 0.3) is 0 Å². The molecule has 0 atom stereocenters. The largest absolute Gasteiger partial charge is 0.318 e. The Labute approximate surface area is 66.2 Å². The van der Waals surface area contributed by atoms with E-state index in [0.29, 0.717) is 0 Å². The Kier molecular flexibility index (Phi) is 1.23. The molecule has 10 heavy (non-hydrogen) atoms. The van der Waals surface area contributed by atoms with E-state index in [9.17, 15) is 0 Å². The summed E-state index contributed by atoms with van der Waals surface area (Å²) >= 11 is 0.983. The van der Waals surface area contributed by atoms with E-state index in [4.69, 9.17) is 0 Å². The summed E-state index contributed by atoms with van der Waals surface area (Å²) in [5.41, 5.74) is 1.08. The van der Waals surface area contributed by atoms with E-state index in [-0.39, 0.29) is 0 Å². The first-order chi connectivity index (χ1) is 4.88. The van der Waals surface area contributed by atoms with Gasteiger partial charge in [0.15, 0.2) is 0 Å². The SMILES string of the molecule is [AlH2][c]1ncc2cnccn12. The molecule has 0 radical (unpaired) electrons. The molecule has 2 heterocycles. The fourth-order valence-corrected chi connectivity index (χ4v) is 1.52. The lowest BCUT2D eigenvalue weighted by Gasteiger charge is -1.91. The maximum absolute atomic E-state index is 4.18. The van der Waals surface area contributed by atoms with Crippen LogP contribution in [0.3, 0.4) is 0 Å². The quantitative estimate of drug-likeness (QED) is 0.447. The Balaban J connectivity index is 2.93. The van der Waals surface area contributed by atoms with Gasteiger partial charge in [0.05, 0.1) is 17.9 Å². The van der Waals surface area contributed by atoms with Crippen molar-refractivity contribution >= 4 is 26.5 Å². The first kappa shape index (κ1) is 5.90. The molecule has 0 aliphatic carbocycles. The van der Waals surface area contributed by atoms with E-state index in [1.165, 1.54) is 0 Å². The first-order valence-corrected chi connectivity index (χ1v) is 4.11. The van der Waals surface area contributed by atoms with Gasteiger partial charge >= 0.3 is 16.3 Å². The van der Waals surface area contributed by atoms with Crippen LogP contribution in [-0.4, -0.2) is 30.7 Å². The standard InChI is InChI=1S/C6H4N3.Al.2H/c1-2-9-5-8-4-6(9)3-7-1;;;/h1-4H;;;. The number of aromatic nitrogens is 3. The summed E-state index contributed by atoms with van der Waals surface area (Å²) in [6.07, 6.45) is 7.37. The van der Waals surface area contributed by atoms with Crippen LogP contribution in [0.4, 0.5) is 0 Å². The molecule has 2 rings (SSSR count). The van der Waals surface area contributed by atoms with Crippen LogP contribution < -0.4 is 4.69 Å². The highest BCUT2D eigenvalue weighted by atomic mass is 27.0. The monoisotopic (exact) mass is 147 g/mol. The second-order valence-electron chi connectivity index (χ2n) is 2.18. The van der Waals surface area contributed by atoms with Gasteiger partial charge in [-0.3, -0.25) is 9.97 Å². The van der Waals surface area contributed by atoms with Crippen LogP contribution in [0.1, 0.15) is 0 Å². The van der Waals surface area contributed by atoms with Gasteiger partial charge in [-0.1, -0.05) is 0 Å². The summed E-state index contributed by atoms with van der Waals surface area (Å²) in [4.78, 5) is 8.16. The third kappa shape index (κ3) is 0.738. The van der Waals surface area contributed by atoms with Crippen molar-refractivity contribution in [2.75, 3.05) is 0 Å². The number of imidazole rings is 1. The molecule has 3 nitrogen and oxygen atoms in total. The van der Waals surface area contributed by atoms with Gasteiger partial charge in [0, 0.05) is 17.1 Å². The predicted octanol–water partition coefficient (Wildman–Crippen LogP) is -1.01. The van der Waals surface area contributed by atoms with E-state index in [1.54, 1.807) is 6.20 Å². The Hall–Kier alpha value is -0.848. The minimum absolute atomic E-state index is 0.983. The molecule has 0 aliphatic heterocycles. The van der Waals surface area contributed by atoms with Crippen molar-refractivity contribution in [1.29, 1.82) is 0 Å². The Bertz CT molecular complexity index is 355. The van der Waals surface area contributed by atoms with Crippen LogP contribution in [0.2, 0.25) is 0 Å². The molecule has 0 saturated heterocycles. The lowest BCUT2D eigenvalue weighted by Crippen LogP contribution is -2.11. The summed E-state index contributed by atoms with van der Waals surface area (Å²) < 4.78 is 3.19. The summed E-state index contributed by atoms with van der Waals surface area (Å²) in [5, 5.41) is 0. The molecule has 2 aromatic heterocycles. The minimum Gasteiger partial charge on any atom is -0.317 e. The van der Waals surface area contributed by atoms with Crippen LogP contribution in [-0.2, 0) is 0 Å². The second-order valence-corrected chi connectivity index (χ2v) is 3.07. The number of fused-ring (bicyclic) bond motifs is 1. The van der Waals surface area contributed by atoms with Gasteiger partial charge < -0.3 is 4.40 Å². The lowest BCUT2D eigenvalue weighted by molar-refractivity contribution is 1.16. The van der Waals surface area contributed by atoms with Crippen LogP contribution in [0.15, 0.2) is 24.8 Å². The summed E-state index contributed by atoms with van der Waals surface area (Å²) in [6, 6.07) is 0. The van der Waals surface area contributed by atoms with E-state index >= 15 is 0 Å². The van der Waals surface area contributed by atoms with Gasteiger partial charge in [-0.25, -0.2) is 0 Å². The number of hydrogen-bond donors (Lipinski definition) is 0. The highest BCUT2D eigenvalue weighted by Gasteiger charge is 1.93. The zero-order chi connectivity index (χ0) is 6.97. The van der Waals surface area contributed by atoms with Crippen molar-refractivity contribution in [2.24, 2.45) is 0 Å². The molecular formula is C6H6AlN3. The Morgan fingerprint density at radius 2 is 2.30 bits per heavy atom. The third-order valence-corrected chi connectivity index (χ3v) is 2.26. The smallest absolute Gasteiger partial charge is 0.317 e. The predicted molar refractivity (Wildman–Crippen MR) is 41.2 cm³/mol. The average molecular weight is 147 g/mol.